The van der Waals surface area contributed by atoms with Crippen LogP contribution in [-0.4, -0.2) is 9.55 Å². The molecule has 1 heterocycles. The van der Waals surface area contributed by atoms with Crippen molar-refractivity contribution in [2.75, 3.05) is 0 Å². The summed E-state index contributed by atoms with van der Waals surface area (Å²) >= 11 is 0. The third kappa shape index (κ3) is 4.72. The lowest BCUT2D eigenvalue weighted by Crippen LogP contribution is -2.09. The van der Waals surface area contributed by atoms with Crippen molar-refractivity contribution in [1.29, 1.82) is 0 Å². The minimum atomic E-state index is 0.411. The van der Waals surface area contributed by atoms with E-state index in [1.807, 2.05) is 6.07 Å². The van der Waals surface area contributed by atoms with E-state index in [-0.39, 0.29) is 0 Å². The maximum absolute atomic E-state index is 6.36. The van der Waals surface area contributed by atoms with Crippen molar-refractivity contribution in [2.24, 2.45) is 0 Å². The molecule has 0 spiro atoms. The van der Waals surface area contributed by atoms with Gasteiger partial charge in [0.1, 0.15) is 18.2 Å². The number of para-hydroxylation sites is 2. The fraction of sp³-hybridized carbons (Fsp3) is 0.345. The summed E-state index contributed by atoms with van der Waals surface area (Å²) in [6.45, 7) is 12.3. The molecule has 0 saturated heterocycles. The molecule has 0 aliphatic rings. The van der Waals surface area contributed by atoms with Crippen LogP contribution in [0.4, 0.5) is 0 Å². The number of fused-ring (bicyclic) bond motifs is 1. The maximum atomic E-state index is 6.36. The van der Waals surface area contributed by atoms with Gasteiger partial charge in [-0.25, -0.2) is 4.98 Å². The van der Waals surface area contributed by atoms with Crippen LogP contribution in [0.15, 0.2) is 66.7 Å². The molecule has 32 heavy (non-hydrogen) atoms. The molecule has 0 N–H and O–H groups in total. The summed E-state index contributed by atoms with van der Waals surface area (Å²) in [6, 6.07) is 23.8. The van der Waals surface area contributed by atoms with E-state index in [9.17, 15) is 0 Å². The zero-order valence-electron chi connectivity index (χ0n) is 19.9. The van der Waals surface area contributed by atoms with Crippen molar-refractivity contribution in [3.05, 3.63) is 94.8 Å². The molecule has 0 amide bonds. The number of hydrogen-bond acceptors (Lipinski definition) is 2. The molecule has 1 aromatic heterocycles. The first kappa shape index (κ1) is 22.1. The molecule has 0 bridgehead atoms. The number of hydrogen-bond donors (Lipinski definition) is 0. The number of nitrogens with zero attached hydrogens (tertiary/aromatic N) is 2. The van der Waals surface area contributed by atoms with Gasteiger partial charge in [-0.05, 0) is 65.6 Å². The van der Waals surface area contributed by atoms with Crippen LogP contribution in [0.3, 0.4) is 0 Å². The number of aryl methyl sites for hydroxylation is 1. The Bertz CT molecular complexity index is 1190. The first-order valence-corrected chi connectivity index (χ1v) is 11.7. The summed E-state index contributed by atoms with van der Waals surface area (Å²) in [7, 11) is 0. The summed E-state index contributed by atoms with van der Waals surface area (Å²) in [5.74, 6) is 2.91. The van der Waals surface area contributed by atoms with E-state index in [0.717, 1.165) is 35.6 Å². The average Bonchev–Trinajstić information content (AvgIpc) is 3.14. The summed E-state index contributed by atoms with van der Waals surface area (Å²) in [6.07, 6.45) is 1.16. The van der Waals surface area contributed by atoms with E-state index >= 15 is 0 Å². The molecule has 3 heteroatoms. The van der Waals surface area contributed by atoms with Gasteiger partial charge in [0, 0.05) is 6.54 Å². The van der Waals surface area contributed by atoms with E-state index in [1.165, 1.54) is 22.3 Å². The zero-order valence-corrected chi connectivity index (χ0v) is 19.9. The Kier molecular flexibility index (Phi) is 6.64. The second-order valence-corrected chi connectivity index (χ2v) is 9.14. The molecule has 0 aliphatic heterocycles. The van der Waals surface area contributed by atoms with Crippen LogP contribution in [0.2, 0.25) is 0 Å². The molecule has 4 rings (SSSR count). The number of rotatable bonds is 8. The highest BCUT2D eigenvalue weighted by molar-refractivity contribution is 5.76. The fourth-order valence-electron chi connectivity index (χ4n) is 4.17. The number of aromatic nitrogens is 2. The second kappa shape index (κ2) is 9.60. The zero-order chi connectivity index (χ0) is 22.7. The van der Waals surface area contributed by atoms with Crippen LogP contribution in [0, 0.1) is 6.92 Å². The molecule has 1 atom stereocenters. The van der Waals surface area contributed by atoms with Crippen LogP contribution in [0.5, 0.6) is 5.75 Å². The van der Waals surface area contributed by atoms with E-state index in [1.54, 1.807) is 0 Å². The SMILES string of the molecule is CCC(C)c1ccc(Cn2c(COc3cc(C)ccc3C(C)C)nc3ccccc32)cc1. The molecule has 0 aliphatic carbocycles. The summed E-state index contributed by atoms with van der Waals surface area (Å²) in [4.78, 5) is 4.92. The van der Waals surface area contributed by atoms with Gasteiger partial charge in [0.15, 0.2) is 0 Å². The second-order valence-electron chi connectivity index (χ2n) is 9.14. The van der Waals surface area contributed by atoms with Crippen LogP contribution < -0.4 is 4.74 Å². The van der Waals surface area contributed by atoms with Gasteiger partial charge >= 0.3 is 0 Å². The first-order valence-electron chi connectivity index (χ1n) is 11.7. The Balaban J connectivity index is 1.63. The highest BCUT2D eigenvalue weighted by Gasteiger charge is 2.14. The molecule has 0 saturated carbocycles. The summed E-state index contributed by atoms with van der Waals surface area (Å²) in [5.41, 5.74) is 7.27. The van der Waals surface area contributed by atoms with Crippen molar-refractivity contribution < 1.29 is 4.74 Å². The molecular formula is C29H34N2O. The standard InChI is InChI=1S/C29H34N2O/c1-6-22(5)24-14-12-23(13-15-24)18-31-27-10-8-7-9-26(27)30-29(31)19-32-28-17-21(4)11-16-25(28)20(2)3/h7-17,20,22H,6,18-19H2,1-5H3. The Morgan fingerprint density at radius 1 is 0.938 bits per heavy atom. The van der Waals surface area contributed by atoms with Crippen LogP contribution in [-0.2, 0) is 13.2 Å². The van der Waals surface area contributed by atoms with Gasteiger partial charge in [-0.3, -0.25) is 0 Å². The fourth-order valence-corrected chi connectivity index (χ4v) is 4.17. The van der Waals surface area contributed by atoms with Gasteiger partial charge in [0.05, 0.1) is 11.0 Å². The van der Waals surface area contributed by atoms with Crippen molar-refractivity contribution in [2.45, 2.75) is 66.0 Å². The molecule has 3 aromatic carbocycles. The van der Waals surface area contributed by atoms with Crippen LogP contribution in [0.25, 0.3) is 11.0 Å². The van der Waals surface area contributed by atoms with Crippen LogP contribution in [0.1, 0.15) is 74.0 Å². The van der Waals surface area contributed by atoms with Crippen molar-refractivity contribution in [3.8, 4) is 5.75 Å². The third-order valence-corrected chi connectivity index (χ3v) is 6.38. The summed E-state index contributed by atoms with van der Waals surface area (Å²) < 4.78 is 8.65. The third-order valence-electron chi connectivity index (χ3n) is 6.38. The Hall–Kier alpha value is -3.07. The maximum Gasteiger partial charge on any atom is 0.148 e. The molecule has 0 fully saturated rings. The molecular weight excluding hydrogens is 392 g/mol. The molecule has 166 valence electrons. The quantitative estimate of drug-likeness (QED) is 0.290. The smallest absolute Gasteiger partial charge is 0.148 e. The predicted octanol–water partition coefficient (Wildman–Crippen LogP) is 7.61. The minimum Gasteiger partial charge on any atom is -0.485 e. The average molecular weight is 427 g/mol. The number of ether oxygens (including phenoxy) is 1. The Labute approximate surface area is 192 Å². The first-order chi connectivity index (χ1) is 15.5. The number of imidazole rings is 1. The Morgan fingerprint density at radius 3 is 2.41 bits per heavy atom. The van der Waals surface area contributed by atoms with Gasteiger partial charge in [-0.2, -0.15) is 0 Å². The van der Waals surface area contributed by atoms with Gasteiger partial charge in [-0.15, -0.1) is 0 Å². The topological polar surface area (TPSA) is 27.1 Å². The monoisotopic (exact) mass is 426 g/mol. The minimum absolute atomic E-state index is 0.411. The van der Waals surface area contributed by atoms with Crippen molar-refractivity contribution in [3.63, 3.8) is 0 Å². The van der Waals surface area contributed by atoms with E-state index in [2.05, 4.69) is 99.8 Å². The van der Waals surface area contributed by atoms with Gasteiger partial charge in [-0.1, -0.05) is 76.2 Å². The van der Waals surface area contributed by atoms with E-state index < -0.39 is 0 Å². The normalized spacial score (nSPS) is 12.4. The molecule has 3 nitrogen and oxygen atoms in total. The Morgan fingerprint density at radius 2 is 1.69 bits per heavy atom. The number of benzene rings is 3. The highest BCUT2D eigenvalue weighted by atomic mass is 16.5. The molecule has 4 aromatic rings. The van der Waals surface area contributed by atoms with E-state index in [0.29, 0.717) is 18.4 Å². The van der Waals surface area contributed by atoms with E-state index in [4.69, 9.17) is 9.72 Å². The van der Waals surface area contributed by atoms with Gasteiger partial charge in [0.25, 0.3) is 0 Å². The highest BCUT2D eigenvalue weighted by Crippen LogP contribution is 2.29. The predicted molar refractivity (Wildman–Crippen MR) is 134 cm³/mol. The van der Waals surface area contributed by atoms with Crippen molar-refractivity contribution in [1.82, 2.24) is 9.55 Å². The lowest BCUT2D eigenvalue weighted by Gasteiger charge is -2.16. The lowest BCUT2D eigenvalue weighted by atomic mass is 9.98. The molecule has 0 radical (unpaired) electrons. The van der Waals surface area contributed by atoms with Crippen LogP contribution >= 0.6 is 0 Å². The lowest BCUT2D eigenvalue weighted by molar-refractivity contribution is 0.287. The summed E-state index contributed by atoms with van der Waals surface area (Å²) in [5, 5.41) is 0. The van der Waals surface area contributed by atoms with Gasteiger partial charge in [0.2, 0.25) is 0 Å². The van der Waals surface area contributed by atoms with Crippen molar-refractivity contribution >= 4 is 11.0 Å². The van der Waals surface area contributed by atoms with Gasteiger partial charge < -0.3 is 9.30 Å². The molecule has 1 unspecified atom stereocenters. The largest absolute Gasteiger partial charge is 0.485 e.